The molecular weight excluding hydrogens is 478 g/mol. The van der Waals surface area contributed by atoms with E-state index in [4.69, 9.17) is 21.1 Å². The Morgan fingerprint density at radius 1 is 0.971 bits per heavy atom. The Hall–Kier alpha value is -4.18. The van der Waals surface area contributed by atoms with E-state index in [1.54, 1.807) is 31.2 Å². The standard InChI is InChI=1S/C24H20ClN3O7/c1-3-34-23(32)18-17(26-24(33)27-19(18)12-4-7-14(25)8-5-12)11-35-22(31)13-6-9-15-16(10-13)21(30)28(2)20(15)29/h4-10,19H,3,11H2,1-2H3,(H2,26,27,33). The zero-order valence-corrected chi connectivity index (χ0v) is 19.5. The molecule has 0 bridgehead atoms. The highest BCUT2D eigenvalue weighted by Gasteiger charge is 2.35. The molecule has 4 rings (SSSR count). The van der Waals surface area contributed by atoms with Crippen LogP contribution in [0.15, 0.2) is 53.7 Å². The third kappa shape index (κ3) is 4.60. The summed E-state index contributed by atoms with van der Waals surface area (Å²) in [6.45, 7) is 1.28. The van der Waals surface area contributed by atoms with Crippen molar-refractivity contribution < 1.29 is 33.4 Å². The average molecular weight is 498 g/mol. The molecule has 35 heavy (non-hydrogen) atoms. The Morgan fingerprint density at radius 2 is 1.66 bits per heavy atom. The van der Waals surface area contributed by atoms with Crippen molar-refractivity contribution in [3.63, 3.8) is 0 Å². The zero-order chi connectivity index (χ0) is 25.3. The first-order chi connectivity index (χ1) is 16.7. The quantitative estimate of drug-likeness (QED) is 0.463. The molecule has 1 unspecified atom stereocenters. The number of hydrogen-bond donors (Lipinski definition) is 2. The first-order valence-corrected chi connectivity index (χ1v) is 11.0. The third-order valence-electron chi connectivity index (χ3n) is 5.53. The summed E-state index contributed by atoms with van der Waals surface area (Å²) >= 11 is 5.96. The molecule has 0 saturated heterocycles. The van der Waals surface area contributed by atoms with E-state index in [-0.39, 0.29) is 34.6 Å². The minimum Gasteiger partial charge on any atom is -0.463 e. The summed E-state index contributed by atoms with van der Waals surface area (Å²) in [6.07, 6.45) is 0. The van der Waals surface area contributed by atoms with Gasteiger partial charge in [-0.05, 0) is 42.8 Å². The number of imide groups is 1. The summed E-state index contributed by atoms with van der Waals surface area (Å²) in [5.41, 5.74) is 1.01. The van der Waals surface area contributed by atoms with Crippen molar-refractivity contribution in [2.45, 2.75) is 13.0 Å². The molecule has 0 spiro atoms. The Balaban J connectivity index is 1.62. The second kappa shape index (κ2) is 9.59. The number of rotatable bonds is 6. The van der Waals surface area contributed by atoms with Gasteiger partial charge in [0.2, 0.25) is 0 Å². The van der Waals surface area contributed by atoms with Crippen LogP contribution in [0.1, 0.15) is 49.6 Å². The molecule has 1 atom stereocenters. The molecule has 0 saturated carbocycles. The number of carbonyl (C=O) groups excluding carboxylic acids is 5. The average Bonchev–Trinajstić information content (AvgIpc) is 3.06. The van der Waals surface area contributed by atoms with Gasteiger partial charge in [-0.3, -0.25) is 14.5 Å². The van der Waals surface area contributed by atoms with Gasteiger partial charge in [-0.25, -0.2) is 14.4 Å². The largest absolute Gasteiger partial charge is 0.463 e. The van der Waals surface area contributed by atoms with Gasteiger partial charge in [-0.2, -0.15) is 0 Å². The molecule has 0 radical (unpaired) electrons. The summed E-state index contributed by atoms with van der Waals surface area (Å²) in [5.74, 6) is -2.49. The Bertz CT molecular complexity index is 1290. The van der Waals surface area contributed by atoms with E-state index in [9.17, 15) is 24.0 Å². The molecule has 10 nitrogen and oxygen atoms in total. The Morgan fingerprint density at radius 3 is 2.34 bits per heavy atom. The van der Waals surface area contributed by atoms with Crippen LogP contribution in [0, 0.1) is 0 Å². The van der Waals surface area contributed by atoms with Crippen molar-refractivity contribution in [2.75, 3.05) is 20.3 Å². The number of benzene rings is 2. The van der Waals surface area contributed by atoms with Crippen molar-refractivity contribution in [1.82, 2.24) is 15.5 Å². The van der Waals surface area contributed by atoms with Crippen LogP contribution in [0.3, 0.4) is 0 Å². The molecule has 0 aliphatic carbocycles. The minimum absolute atomic E-state index is 0.0352. The van der Waals surface area contributed by atoms with Gasteiger partial charge in [0, 0.05) is 12.1 Å². The van der Waals surface area contributed by atoms with Gasteiger partial charge in [0.1, 0.15) is 6.61 Å². The number of fused-ring (bicyclic) bond motifs is 1. The molecule has 0 fully saturated rings. The fraction of sp³-hybridized carbons (Fsp3) is 0.208. The number of hydrogen-bond acceptors (Lipinski definition) is 7. The summed E-state index contributed by atoms with van der Waals surface area (Å²) < 4.78 is 10.5. The molecule has 0 aromatic heterocycles. The van der Waals surface area contributed by atoms with E-state index in [1.165, 1.54) is 25.2 Å². The number of halogens is 1. The maximum Gasteiger partial charge on any atom is 0.338 e. The molecule has 2 aliphatic rings. The second-order valence-electron chi connectivity index (χ2n) is 7.70. The van der Waals surface area contributed by atoms with Gasteiger partial charge in [-0.1, -0.05) is 23.7 Å². The van der Waals surface area contributed by atoms with Gasteiger partial charge in [0.15, 0.2) is 0 Å². The molecule has 11 heteroatoms. The van der Waals surface area contributed by atoms with Crippen LogP contribution >= 0.6 is 11.6 Å². The fourth-order valence-corrected chi connectivity index (χ4v) is 3.92. The van der Waals surface area contributed by atoms with Crippen molar-refractivity contribution in [3.8, 4) is 0 Å². The molecule has 2 heterocycles. The highest BCUT2D eigenvalue weighted by atomic mass is 35.5. The number of nitrogens with zero attached hydrogens (tertiary/aromatic N) is 1. The van der Waals surface area contributed by atoms with E-state index in [0.717, 1.165) is 4.90 Å². The van der Waals surface area contributed by atoms with Crippen molar-refractivity contribution in [2.24, 2.45) is 0 Å². The molecule has 2 aromatic carbocycles. The van der Waals surface area contributed by atoms with Crippen LogP contribution in [-0.2, 0) is 14.3 Å². The lowest BCUT2D eigenvalue weighted by molar-refractivity contribution is -0.139. The smallest absolute Gasteiger partial charge is 0.338 e. The van der Waals surface area contributed by atoms with Crippen LogP contribution in [0.5, 0.6) is 0 Å². The molecule has 2 aliphatic heterocycles. The van der Waals surface area contributed by atoms with Gasteiger partial charge in [0.05, 0.1) is 40.6 Å². The van der Waals surface area contributed by atoms with E-state index < -0.39 is 42.4 Å². The monoisotopic (exact) mass is 497 g/mol. The maximum absolute atomic E-state index is 12.8. The van der Waals surface area contributed by atoms with Crippen LogP contribution in [0.4, 0.5) is 4.79 Å². The topological polar surface area (TPSA) is 131 Å². The van der Waals surface area contributed by atoms with Crippen LogP contribution in [0.2, 0.25) is 5.02 Å². The number of urea groups is 1. The predicted octanol–water partition coefficient (Wildman–Crippen LogP) is 2.59. The lowest BCUT2D eigenvalue weighted by atomic mass is 9.95. The fourth-order valence-electron chi connectivity index (χ4n) is 3.80. The molecule has 2 aromatic rings. The highest BCUT2D eigenvalue weighted by Crippen LogP contribution is 2.29. The third-order valence-corrected chi connectivity index (χ3v) is 5.78. The predicted molar refractivity (Wildman–Crippen MR) is 123 cm³/mol. The number of amides is 4. The van der Waals surface area contributed by atoms with E-state index in [2.05, 4.69) is 10.6 Å². The molecule has 4 amide bonds. The second-order valence-corrected chi connectivity index (χ2v) is 8.14. The van der Waals surface area contributed by atoms with Gasteiger partial charge < -0.3 is 20.1 Å². The van der Waals surface area contributed by atoms with Crippen molar-refractivity contribution >= 4 is 41.4 Å². The van der Waals surface area contributed by atoms with E-state index >= 15 is 0 Å². The summed E-state index contributed by atoms with van der Waals surface area (Å²) in [6, 6.07) is 9.09. The Labute approximate surface area is 204 Å². The first-order valence-electron chi connectivity index (χ1n) is 10.6. The van der Waals surface area contributed by atoms with E-state index in [0.29, 0.717) is 10.6 Å². The number of nitrogens with one attached hydrogen (secondary N) is 2. The summed E-state index contributed by atoms with van der Waals surface area (Å²) in [4.78, 5) is 63.1. The number of ether oxygens (including phenoxy) is 2. The van der Waals surface area contributed by atoms with Gasteiger partial charge >= 0.3 is 18.0 Å². The minimum atomic E-state index is -0.868. The Kier molecular flexibility index (Phi) is 6.57. The number of carbonyl (C=O) groups is 5. The lowest BCUT2D eigenvalue weighted by Gasteiger charge is -2.29. The van der Waals surface area contributed by atoms with Crippen molar-refractivity contribution in [3.05, 3.63) is 81.0 Å². The van der Waals surface area contributed by atoms with Crippen LogP contribution in [0.25, 0.3) is 0 Å². The summed E-state index contributed by atoms with van der Waals surface area (Å²) in [7, 11) is 1.35. The normalized spacial score (nSPS) is 17.1. The zero-order valence-electron chi connectivity index (χ0n) is 18.7. The lowest BCUT2D eigenvalue weighted by Crippen LogP contribution is -2.47. The van der Waals surface area contributed by atoms with E-state index in [1.807, 2.05) is 0 Å². The van der Waals surface area contributed by atoms with Gasteiger partial charge in [-0.15, -0.1) is 0 Å². The molecular formula is C24H20ClN3O7. The SMILES string of the molecule is CCOC(=O)C1=C(COC(=O)c2ccc3c(c2)C(=O)N(C)C3=O)NC(=O)NC1c1ccc(Cl)cc1. The summed E-state index contributed by atoms with van der Waals surface area (Å²) in [5, 5.41) is 5.65. The van der Waals surface area contributed by atoms with Crippen molar-refractivity contribution in [1.29, 1.82) is 0 Å². The van der Waals surface area contributed by atoms with Crippen LogP contribution < -0.4 is 10.6 Å². The van der Waals surface area contributed by atoms with Crippen LogP contribution in [-0.4, -0.2) is 54.9 Å². The molecule has 180 valence electrons. The maximum atomic E-state index is 12.8. The highest BCUT2D eigenvalue weighted by molar-refractivity contribution is 6.30. The number of esters is 2. The first kappa shape index (κ1) is 24.0. The van der Waals surface area contributed by atoms with Gasteiger partial charge in [0.25, 0.3) is 11.8 Å². The molecule has 2 N–H and O–H groups in total.